The predicted octanol–water partition coefficient (Wildman–Crippen LogP) is 2.37. The average Bonchev–Trinajstić information content (AvgIpc) is 2.03. The summed E-state index contributed by atoms with van der Waals surface area (Å²) in [5.74, 6) is 0. The molecule has 0 aliphatic heterocycles. The molecule has 1 amide bonds. The van der Waals surface area contributed by atoms with Crippen molar-refractivity contribution >= 4 is 22.0 Å². The minimum atomic E-state index is -1.00. The molecule has 0 unspecified atom stereocenters. The van der Waals surface area contributed by atoms with Crippen molar-refractivity contribution in [1.29, 1.82) is 0 Å². The summed E-state index contributed by atoms with van der Waals surface area (Å²) in [7, 11) is 0. The summed E-state index contributed by atoms with van der Waals surface area (Å²) >= 11 is 3.28. The van der Waals surface area contributed by atoms with Gasteiger partial charge in [0, 0.05) is 4.47 Å². The molecule has 3 nitrogen and oxygen atoms in total. The normalized spacial score (nSPS) is 9.42. The van der Waals surface area contributed by atoms with Crippen LogP contribution in [0.2, 0.25) is 0 Å². The third-order valence-corrected chi connectivity index (χ3v) is 1.81. The molecule has 1 rings (SSSR count). The second-order valence-electron chi connectivity index (χ2n) is 2.20. The average molecular weight is 229 g/mol. The van der Waals surface area contributed by atoms with Crippen LogP contribution in [0.1, 0.15) is 5.56 Å². The van der Waals surface area contributed by atoms with E-state index in [4.69, 9.17) is 5.73 Å². The topological polar surface area (TPSA) is 50.1 Å². The van der Waals surface area contributed by atoms with Gasteiger partial charge in [-0.1, -0.05) is 28.1 Å². The highest BCUT2D eigenvalue weighted by Gasteiger charge is 1.96. The number of ether oxygens (including phenoxy) is 1. The number of carbonyl (C=O) groups is 1. The van der Waals surface area contributed by atoms with E-state index >= 15 is 0 Å². The minimum Gasteiger partial charge on any atom is -0.443 e. The van der Waals surface area contributed by atoms with E-state index in [1.54, 1.807) is 0 Å². The summed E-state index contributed by atoms with van der Waals surface area (Å²) in [6, 6.07) is 7.36. The maximum atomic E-state index is 10.1. The van der Waals surface area contributed by atoms with E-state index in [1.807, 2.05) is 24.3 Å². The fourth-order valence-corrected chi connectivity index (χ4v) is 0.994. The lowest BCUT2D eigenvalue weighted by Gasteiger charge is -2.00. The quantitative estimate of drug-likeness (QED) is 0.781. The Balaban J connectivity index is 2.53. The van der Waals surface area contributed by atoms with Crippen molar-refractivity contribution < 1.29 is 9.53 Å². The van der Waals surface area contributed by atoms with Gasteiger partial charge in [0.25, 0.3) is 0 Å². The van der Waals surface area contributed by atoms with Gasteiger partial charge in [0.1, 0.15) is 6.61 Å². The molecule has 0 saturated heterocycles. The fraction of sp³-hybridized carbons (Fsp3) is 0.125. The van der Waals surface area contributed by atoms with E-state index in [0.717, 1.165) is 10.0 Å². The zero-order valence-electron chi connectivity index (χ0n) is 6.21. The van der Waals surface area contributed by atoms with E-state index < -0.39 is 6.09 Å². The molecule has 4 heteroatoms. The van der Waals surface area contributed by atoms with Crippen molar-refractivity contribution in [1.82, 2.24) is 5.73 Å². The van der Waals surface area contributed by atoms with E-state index in [2.05, 4.69) is 20.7 Å². The lowest BCUT2D eigenvalue weighted by Crippen LogP contribution is -2.01. The number of nitrogens with one attached hydrogen (secondary N) is 1. The van der Waals surface area contributed by atoms with Crippen LogP contribution in [0, 0.1) is 0 Å². The highest BCUT2D eigenvalue weighted by molar-refractivity contribution is 9.10. The predicted molar refractivity (Wildman–Crippen MR) is 47.4 cm³/mol. The van der Waals surface area contributed by atoms with Crippen LogP contribution in [-0.2, 0) is 11.3 Å². The zero-order valence-corrected chi connectivity index (χ0v) is 7.80. The number of carbonyl (C=O) groups excluding carboxylic acids is 1. The van der Waals surface area contributed by atoms with Gasteiger partial charge in [-0.05, 0) is 17.7 Å². The SMILES string of the molecule is [NH]C(=O)OCc1ccc(Br)cc1. The Bertz CT molecular complexity index is 271. The van der Waals surface area contributed by atoms with Crippen LogP contribution < -0.4 is 5.73 Å². The number of amides is 1. The first-order chi connectivity index (χ1) is 5.68. The maximum absolute atomic E-state index is 10.1. The van der Waals surface area contributed by atoms with E-state index in [-0.39, 0.29) is 6.61 Å². The summed E-state index contributed by atoms with van der Waals surface area (Å²) in [4.78, 5) is 10.1. The lowest BCUT2D eigenvalue weighted by molar-refractivity contribution is 0.148. The summed E-state index contributed by atoms with van der Waals surface area (Å²) in [6.45, 7) is 0.162. The van der Waals surface area contributed by atoms with Gasteiger partial charge < -0.3 is 4.74 Å². The Morgan fingerprint density at radius 2 is 2.00 bits per heavy atom. The molecule has 1 radical (unpaired) electrons. The highest BCUT2D eigenvalue weighted by Crippen LogP contribution is 2.10. The molecular formula is C8H7BrNO2. The molecule has 0 fully saturated rings. The van der Waals surface area contributed by atoms with E-state index in [9.17, 15) is 4.79 Å². The molecule has 63 valence electrons. The van der Waals surface area contributed by atoms with Gasteiger partial charge in [0.05, 0.1) is 0 Å². The third kappa shape index (κ3) is 2.92. The molecule has 1 N–H and O–H groups in total. The number of rotatable bonds is 2. The van der Waals surface area contributed by atoms with Crippen LogP contribution >= 0.6 is 15.9 Å². The second-order valence-corrected chi connectivity index (χ2v) is 3.12. The fourth-order valence-electron chi connectivity index (χ4n) is 0.730. The van der Waals surface area contributed by atoms with Crippen LogP contribution in [0.3, 0.4) is 0 Å². The van der Waals surface area contributed by atoms with Crippen molar-refractivity contribution in [2.75, 3.05) is 0 Å². The highest BCUT2D eigenvalue weighted by atomic mass is 79.9. The molecule has 0 aliphatic rings. The third-order valence-electron chi connectivity index (χ3n) is 1.28. The second kappa shape index (κ2) is 4.11. The Hall–Kier alpha value is -1.03. The molecule has 0 saturated carbocycles. The van der Waals surface area contributed by atoms with Crippen LogP contribution in [0.5, 0.6) is 0 Å². The molecule has 0 aromatic heterocycles. The first-order valence-electron chi connectivity index (χ1n) is 3.31. The van der Waals surface area contributed by atoms with Crippen molar-refractivity contribution in [2.24, 2.45) is 0 Å². The maximum Gasteiger partial charge on any atom is 0.426 e. The number of hydrogen-bond acceptors (Lipinski definition) is 2. The van der Waals surface area contributed by atoms with Crippen molar-refractivity contribution in [3.8, 4) is 0 Å². The Morgan fingerprint density at radius 1 is 1.42 bits per heavy atom. The summed E-state index contributed by atoms with van der Waals surface area (Å²) in [5, 5.41) is 0. The summed E-state index contributed by atoms with van der Waals surface area (Å²) in [5.41, 5.74) is 7.37. The van der Waals surface area contributed by atoms with Gasteiger partial charge in [-0.15, -0.1) is 0 Å². The number of hydrogen-bond donors (Lipinski definition) is 0. The Labute approximate surface area is 78.6 Å². The molecular weight excluding hydrogens is 222 g/mol. The van der Waals surface area contributed by atoms with Crippen LogP contribution in [0.15, 0.2) is 28.7 Å². The van der Waals surface area contributed by atoms with Crippen LogP contribution in [0.25, 0.3) is 0 Å². The van der Waals surface area contributed by atoms with Gasteiger partial charge in [-0.25, -0.2) is 10.5 Å². The van der Waals surface area contributed by atoms with E-state index in [0.29, 0.717) is 0 Å². The van der Waals surface area contributed by atoms with Crippen LogP contribution in [0.4, 0.5) is 4.79 Å². The summed E-state index contributed by atoms with van der Waals surface area (Å²) < 4.78 is 5.46. The molecule has 0 bridgehead atoms. The summed E-state index contributed by atoms with van der Waals surface area (Å²) in [6.07, 6.45) is -1.00. The van der Waals surface area contributed by atoms with Gasteiger partial charge in [-0.2, -0.15) is 0 Å². The monoisotopic (exact) mass is 228 g/mol. The van der Waals surface area contributed by atoms with Crippen molar-refractivity contribution in [2.45, 2.75) is 6.61 Å². The Kier molecular flexibility index (Phi) is 3.10. The Morgan fingerprint density at radius 3 is 2.50 bits per heavy atom. The largest absolute Gasteiger partial charge is 0.443 e. The van der Waals surface area contributed by atoms with Crippen molar-refractivity contribution in [3.05, 3.63) is 34.3 Å². The lowest BCUT2D eigenvalue weighted by atomic mass is 10.2. The molecule has 0 atom stereocenters. The molecule has 0 spiro atoms. The van der Waals surface area contributed by atoms with Gasteiger partial charge in [0.15, 0.2) is 0 Å². The first kappa shape index (κ1) is 9.06. The molecule has 1 aromatic carbocycles. The first-order valence-corrected chi connectivity index (χ1v) is 4.10. The van der Waals surface area contributed by atoms with Crippen molar-refractivity contribution in [3.63, 3.8) is 0 Å². The standard InChI is InChI=1S/C8H7BrNO2/c9-7-3-1-6(2-4-7)5-12-8(10)11/h1-4,10H,5H2. The molecule has 12 heavy (non-hydrogen) atoms. The van der Waals surface area contributed by atoms with Gasteiger partial charge in [0.2, 0.25) is 0 Å². The number of halogens is 1. The van der Waals surface area contributed by atoms with Crippen LogP contribution in [-0.4, -0.2) is 6.09 Å². The molecule has 0 aliphatic carbocycles. The van der Waals surface area contributed by atoms with E-state index in [1.165, 1.54) is 0 Å². The number of benzene rings is 1. The molecule has 1 aromatic rings. The van der Waals surface area contributed by atoms with Gasteiger partial charge >= 0.3 is 6.09 Å². The minimum absolute atomic E-state index is 0.162. The zero-order chi connectivity index (χ0) is 8.97. The van der Waals surface area contributed by atoms with Gasteiger partial charge in [-0.3, -0.25) is 0 Å². The molecule has 0 heterocycles. The smallest absolute Gasteiger partial charge is 0.426 e.